The monoisotopic (exact) mass is 458 g/mol. The molecule has 3 aliphatic rings. The SMILES string of the molecule is CCC(CC)n1cc2c3c(cccc31)C1C[C@@H](C(=O)OC3CCCCC3)CN(C)C1C2.Cl. The molecule has 0 bridgehead atoms. The predicted molar refractivity (Wildman–Crippen MR) is 133 cm³/mol. The van der Waals surface area contributed by atoms with E-state index in [0.29, 0.717) is 18.0 Å². The number of carbonyl (C=O) groups is 1. The molecule has 0 radical (unpaired) electrons. The van der Waals surface area contributed by atoms with Crippen molar-refractivity contribution in [1.82, 2.24) is 9.47 Å². The van der Waals surface area contributed by atoms with Crippen LogP contribution in [0, 0.1) is 5.92 Å². The maximum absolute atomic E-state index is 13.1. The molecule has 1 aliphatic heterocycles. The highest BCUT2D eigenvalue weighted by molar-refractivity contribution is 5.89. The molecule has 4 nitrogen and oxygen atoms in total. The van der Waals surface area contributed by atoms with Gasteiger partial charge in [0, 0.05) is 41.6 Å². The van der Waals surface area contributed by atoms with E-state index in [1.54, 1.807) is 0 Å². The number of benzene rings is 1. The molecule has 1 aromatic heterocycles. The first-order valence-corrected chi connectivity index (χ1v) is 12.6. The van der Waals surface area contributed by atoms with E-state index >= 15 is 0 Å². The van der Waals surface area contributed by atoms with Crippen LogP contribution in [-0.4, -0.2) is 41.2 Å². The van der Waals surface area contributed by atoms with E-state index in [9.17, 15) is 4.79 Å². The van der Waals surface area contributed by atoms with E-state index in [4.69, 9.17) is 4.74 Å². The number of fused-ring (bicyclic) bond motifs is 2. The molecule has 5 heteroatoms. The van der Waals surface area contributed by atoms with Gasteiger partial charge >= 0.3 is 5.97 Å². The standard InChI is InChI=1S/C27H38N2O2.ClH/c1-4-20(5-2)29-17-18-15-25-23(22-12-9-13-24(29)26(18)22)14-19(16-28(25)3)27(30)31-21-10-7-6-8-11-21;/h9,12-13,17,19-21,23,25H,4-8,10-11,14-16H2,1-3H3;1H/t19-,23?,25?;/m1./s1. The van der Waals surface area contributed by atoms with Crippen LogP contribution >= 0.6 is 12.4 Å². The lowest BCUT2D eigenvalue weighted by Gasteiger charge is -2.45. The summed E-state index contributed by atoms with van der Waals surface area (Å²) in [6.45, 7) is 5.41. The van der Waals surface area contributed by atoms with Gasteiger partial charge in [0.25, 0.3) is 0 Å². The van der Waals surface area contributed by atoms with Crippen molar-refractivity contribution in [2.24, 2.45) is 5.92 Å². The zero-order valence-corrected chi connectivity index (χ0v) is 20.7. The first-order valence-electron chi connectivity index (χ1n) is 12.6. The lowest BCUT2D eigenvalue weighted by atomic mass is 9.72. The lowest BCUT2D eigenvalue weighted by molar-refractivity contribution is -0.158. The van der Waals surface area contributed by atoms with Crippen molar-refractivity contribution in [3.63, 3.8) is 0 Å². The number of ether oxygens (including phenoxy) is 1. The average molecular weight is 459 g/mol. The number of esters is 1. The van der Waals surface area contributed by atoms with Crippen molar-refractivity contribution in [1.29, 1.82) is 0 Å². The summed E-state index contributed by atoms with van der Waals surface area (Å²) in [5.74, 6) is 0.451. The Bertz CT molecular complexity index is 945. The second-order valence-corrected chi connectivity index (χ2v) is 10.2. The Morgan fingerprint density at radius 3 is 2.62 bits per heavy atom. The Morgan fingerprint density at radius 2 is 1.91 bits per heavy atom. The molecule has 0 spiro atoms. The van der Waals surface area contributed by atoms with E-state index in [1.807, 2.05) is 0 Å². The van der Waals surface area contributed by atoms with Crippen molar-refractivity contribution in [2.75, 3.05) is 13.6 Å². The van der Waals surface area contributed by atoms with E-state index < -0.39 is 0 Å². The average Bonchev–Trinajstić information content (AvgIpc) is 3.15. The number of likely N-dealkylation sites (tertiary alicyclic amines) is 1. The van der Waals surface area contributed by atoms with Crippen molar-refractivity contribution >= 4 is 29.3 Å². The summed E-state index contributed by atoms with van der Waals surface area (Å²) in [7, 11) is 2.21. The van der Waals surface area contributed by atoms with Gasteiger partial charge in [0.15, 0.2) is 0 Å². The van der Waals surface area contributed by atoms with E-state index in [1.165, 1.54) is 41.3 Å². The summed E-state index contributed by atoms with van der Waals surface area (Å²) in [5, 5.41) is 1.46. The fourth-order valence-electron chi connectivity index (χ4n) is 6.67. The van der Waals surface area contributed by atoms with Crippen molar-refractivity contribution in [3.8, 4) is 0 Å². The van der Waals surface area contributed by atoms with Crippen LogP contribution in [0.25, 0.3) is 10.9 Å². The maximum atomic E-state index is 13.1. The summed E-state index contributed by atoms with van der Waals surface area (Å²) in [4.78, 5) is 15.5. The molecule has 2 unspecified atom stereocenters. The van der Waals surface area contributed by atoms with Crippen LogP contribution in [0.1, 0.15) is 88.3 Å². The number of rotatable bonds is 5. The summed E-state index contributed by atoms with van der Waals surface area (Å²) in [6, 6.07) is 7.88. The lowest BCUT2D eigenvalue weighted by Crippen LogP contribution is -2.50. The molecule has 2 aliphatic carbocycles. The molecule has 176 valence electrons. The molecule has 1 saturated carbocycles. The normalized spacial score (nSPS) is 26.1. The highest BCUT2D eigenvalue weighted by atomic mass is 35.5. The quantitative estimate of drug-likeness (QED) is 0.496. The number of likely N-dealkylation sites (N-methyl/N-ethyl adjacent to an activating group) is 1. The number of aromatic nitrogens is 1. The first-order chi connectivity index (χ1) is 15.1. The number of carbonyl (C=O) groups excluding carboxylic acids is 1. The van der Waals surface area contributed by atoms with Gasteiger partial charge < -0.3 is 14.2 Å². The van der Waals surface area contributed by atoms with Crippen LogP contribution < -0.4 is 0 Å². The molecule has 1 aromatic carbocycles. The van der Waals surface area contributed by atoms with Gasteiger partial charge in [-0.1, -0.05) is 32.4 Å². The number of nitrogens with zero attached hydrogens (tertiary/aromatic N) is 2. The highest BCUT2D eigenvalue weighted by Crippen LogP contribution is 2.46. The summed E-state index contributed by atoms with van der Waals surface area (Å²) in [5.41, 5.74) is 4.33. The molecule has 2 aromatic rings. The Labute approximate surface area is 199 Å². The van der Waals surface area contributed by atoms with Gasteiger partial charge in [-0.05, 0) is 75.6 Å². The number of piperidine rings is 1. The molecule has 32 heavy (non-hydrogen) atoms. The fourth-order valence-corrected chi connectivity index (χ4v) is 6.67. The number of hydrogen-bond donors (Lipinski definition) is 0. The largest absolute Gasteiger partial charge is 0.462 e. The molecule has 1 saturated heterocycles. The van der Waals surface area contributed by atoms with Gasteiger partial charge in [-0.15, -0.1) is 12.4 Å². The molecule has 5 rings (SSSR count). The zero-order chi connectivity index (χ0) is 21.5. The molecule has 0 amide bonds. The zero-order valence-electron chi connectivity index (χ0n) is 19.9. The van der Waals surface area contributed by atoms with Crippen molar-refractivity contribution < 1.29 is 9.53 Å². The van der Waals surface area contributed by atoms with Crippen molar-refractivity contribution in [2.45, 2.75) is 95.7 Å². The van der Waals surface area contributed by atoms with Crippen LogP contribution in [0.4, 0.5) is 0 Å². The molecular formula is C27H39ClN2O2. The number of halogens is 1. The van der Waals surface area contributed by atoms with E-state index in [0.717, 1.165) is 45.1 Å². The van der Waals surface area contributed by atoms with Gasteiger partial charge in [0.1, 0.15) is 6.10 Å². The molecular weight excluding hydrogens is 420 g/mol. The van der Waals surface area contributed by atoms with Gasteiger partial charge in [0.05, 0.1) is 5.92 Å². The minimum Gasteiger partial charge on any atom is -0.462 e. The second kappa shape index (κ2) is 9.77. The van der Waals surface area contributed by atoms with Gasteiger partial charge in [-0.3, -0.25) is 4.79 Å². The highest BCUT2D eigenvalue weighted by Gasteiger charge is 2.42. The molecule has 2 fully saturated rings. The molecule has 0 N–H and O–H groups in total. The third-order valence-electron chi connectivity index (χ3n) is 8.38. The predicted octanol–water partition coefficient (Wildman–Crippen LogP) is 6.26. The Hall–Kier alpha value is -1.52. The maximum Gasteiger partial charge on any atom is 0.310 e. The van der Waals surface area contributed by atoms with E-state index in [-0.39, 0.29) is 30.4 Å². The summed E-state index contributed by atoms with van der Waals surface area (Å²) >= 11 is 0. The van der Waals surface area contributed by atoms with Gasteiger partial charge in [-0.25, -0.2) is 0 Å². The smallest absolute Gasteiger partial charge is 0.310 e. The Kier molecular flexibility index (Phi) is 7.21. The topological polar surface area (TPSA) is 34.5 Å². The Morgan fingerprint density at radius 1 is 1.16 bits per heavy atom. The third kappa shape index (κ3) is 4.09. The molecule has 2 heterocycles. The summed E-state index contributed by atoms with van der Waals surface area (Å²) in [6.07, 6.45) is 12.7. The van der Waals surface area contributed by atoms with Crippen LogP contribution in [0.5, 0.6) is 0 Å². The van der Waals surface area contributed by atoms with E-state index in [2.05, 4.69) is 54.8 Å². The minimum absolute atomic E-state index is 0. The fraction of sp³-hybridized carbons (Fsp3) is 0.667. The third-order valence-corrected chi connectivity index (χ3v) is 8.38. The second-order valence-electron chi connectivity index (χ2n) is 10.2. The van der Waals surface area contributed by atoms with Crippen molar-refractivity contribution in [3.05, 3.63) is 35.5 Å². The van der Waals surface area contributed by atoms with Gasteiger partial charge in [-0.2, -0.15) is 0 Å². The Balaban J connectivity index is 0.00000245. The number of hydrogen-bond acceptors (Lipinski definition) is 3. The van der Waals surface area contributed by atoms with Gasteiger partial charge in [0.2, 0.25) is 0 Å². The van der Waals surface area contributed by atoms with Crippen LogP contribution in [0.3, 0.4) is 0 Å². The first kappa shape index (κ1) is 23.6. The van der Waals surface area contributed by atoms with Crippen LogP contribution in [-0.2, 0) is 16.0 Å². The minimum atomic E-state index is -0.00824. The van der Waals surface area contributed by atoms with Crippen LogP contribution in [0.2, 0.25) is 0 Å². The summed E-state index contributed by atoms with van der Waals surface area (Å²) < 4.78 is 8.52. The van der Waals surface area contributed by atoms with Crippen LogP contribution in [0.15, 0.2) is 24.4 Å². The molecule has 3 atom stereocenters.